The lowest BCUT2D eigenvalue weighted by molar-refractivity contribution is 0.0956. The van der Waals surface area contributed by atoms with E-state index in [0.717, 1.165) is 53.9 Å². The van der Waals surface area contributed by atoms with Crippen molar-refractivity contribution < 1.29 is 4.79 Å². The fourth-order valence-electron chi connectivity index (χ4n) is 4.68. The highest BCUT2D eigenvalue weighted by molar-refractivity contribution is 5.97. The van der Waals surface area contributed by atoms with Crippen LogP contribution in [0.15, 0.2) is 66.9 Å². The molecule has 1 aromatic heterocycles. The van der Waals surface area contributed by atoms with Gasteiger partial charge in [-0.1, -0.05) is 30.3 Å². The SMILES string of the molecule is CCNC(=O)c1ccc(-c2cccc3cnc(Nc4ccc(N5CCN(C)CC5)c(C)c4)nc23)cc1. The molecule has 1 amide bonds. The van der Waals surface area contributed by atoms with Crippen LogP contribution in [0.2, 0.25) is 0 Å². The average molecular weight is 481 g/mol. The van der Waals surface area contributed by atoms with E-state index in [2.05, 4.69) is 63.7 Å². The number of anilines is 3. The van der Waals surface area contributed by atoms with Gasteiger partial charge in [0, 0.05) is 66.8 Å². The van der Waals surface area contributed by atoms with Gasteiger partial charge in [0.1, 0.15) is 0 Å². The number of hydrogen-bond acceptors (Lipinski definition) is 6. The van der Waals surface area contributed by atoms with E-state index < -0.39 is 0 Å². The molecule has 3 aromatic carbocycles. The van der Waals surface area contributed by atoms with Gasteiger partial charge >= 0.3 is 0 Å². The minimum absolute atomic E-state index is 0.0651. The number of piperazine rings is 1. The summed E-state index contributed by atoms with van der Waals surface area (Å²) in [5, 5.41) is 7.19. The molecule has 1 aliphatic rings. The van der Waals surface area contributed by atoms with Crippen LogP contribution in [-0.4, -0.2) is 60.5 Å². The molecule has 184 valence electrons. The number of carbonyl (C=O) groups excluding carboxylic acids is 1. The molecular weight excluding hydrogens is 448 g/mol. The molecule has 0 spiro atoms. The van der Waals surface area contributed by atoms with Crippen LogP contribution in [-0.2, 0) is 0 Å². The molecule has 5 rings (SSSR count). The van der Waals surface area contributed by atoms with Gasteiger partial charge in [-0.3, -0.25) is 4.79 Å². The number of nitrogens with one attached hydrogen (secondary N) is 2. The Kier molecular flexibility index (Phi) is 6.82. The van der Waals surface area contributed by atoms with Gasteiger partial charge < -0.3 is 20.4 Å². The molecule has 0 unspecified atom stereocenters. The maximum atomic E-state index is 12.1. The number of rotatable bonds is 6. The van der Waals surface area contributed by atoms with Crippen molar-refractivity contribution in [3.05, 3.63) is 78.0 Å². The Morgan fingerprint density at radius 1 is 1.00 bits per heavy atom. The lowest BCUT2D eigenvalue weighted by Crippen LogP contribution is -2.44. The first-order chi connectivity index (χ1) is 17.5. The Bertz CT molecular complexity index is 1380. The summed E-state index contributed by atoms with van der Waals surface area (Å²) in [5.41, 5.74) is 7.01. The van der Waals surface area contributed by atoms with Crippen molar-refractivity contribution in [2.24, 2.45) is 0 Å². The molecule has 36 heavy (non-hydrogen) atoms. The van der Waals surface area contributed by atoms with Gasteiger partial charge in [-0.2, -0.15) is 0 Å². The molecule has 4 aromatic rings. The molecule has 1 saturated heterocycles. The largest absolute Gasteiger partial charge is 0.369 e. The smallest absolute Gasteiger partial charge is 0.251 e. The molecule has 2 N–H and O–H groups in total. The Hall–Kier alpha value is -3.97. The van der Waals surface area contributed by atoms with Crippen molar-refractivity contribution in [1.29, 1.82) is 0 Å². The maximum Gasteiger partial charge on any atom is 0.251 e. The fourth-order valence-corrected chi connectivity index (χ4v) is 4.68. The summed E-state index contributed by atoms with van der Waals surface area (Å²) >= 11 is 0. The Morgan fingerprint density at radius 3 is 2.50 bits per heavy atom. The van der Waals surface area contributed by atoms with Crippen LogP contribution in [0.5, 0.6) is 0 Å². The lowest BCUT2D eigenvalue weighted by Gasteiger charge is -2.35. The fraction of sp³-hybridized carbons (Fsp3) is 0.276. The molecule has 0 aliphatic carbocycles. The second kappa shape index (κ2) is 10.3. The van der Waals surface area contributed by atoms with Crippen molar-refractivity contribution in [3.8, 4) is 11.1 Å². The summed E-state index contributed by atoms with van der Waals surface area (Å²) in [5.74, 6) is 0.491. The van der Waals surface area contributed by atoms with Gasteiger partial charge in [-0.15, -0.1) is 0 Å². The second-order valence-electron chi connectivity index (χ2n) is 9.29. The van der Waals surface area contributed by atoms with Crippen LogP contribution in [0.25, 0.3) is 22.0 Å². The molecule has 0 bridgehead atoms. The number of likely N-dealkylation sites (N-methyl/N-ethyl adjacent to an activating group) is 1. The van der Waals surface area contributed by atoms with Crippen LogP contribution in [0.3, 0.4) is 0 Å². The van der Waals surface area contributed by atoms with E-state index in [1.54, 1.807) is 0 Å². The van der Waals surface area contributed by atoms with Crippen molar-refractivity contribution in [1.82, 2.24) is 20.2 Å². The standard InChI is InChI=1S/C29H32N6O/c1-4-30-28(36)22-10-8-21(9-11-22)25-7-5-6-23-19-31-29(33-27(23)25)32-24-12-13-26(20(2)18-24)35-16-14-34(3)15-17-35/h5-13,18-19H,4,14-17H2,1-3H3,(H,30,36)(H,31,32,33). The van der Waals surface area contributed by atoms with Crippen molar-refractivity contribution in [3.63, 3.8) is 0 Å². The average Bonchev–Trinajstić information content (AvgIpc) is 2.89. The molecule has 0 atom stereocenters. The molecule has 0 saturated carbocycles. The van der Waals surface area contributed by atoms with Gasteiger partial charge in [0.25, 0.3) is 5.91 Å². The van der Waals surface area contributed by atoms with E-state index in [4.69, 9.17) is 4.98 Å². The summed E-state index contributed by atoms with van der Waals surface area (Å²) in [4.78, 5) is 26.4. The zero-order valence-corrected chi connectivity index (χ0v) is 21.1. The predicted molar refractivity (Wildman–Crippen MR) is 147 cm³/mol. The van der Waals surface area contributed by atoms with Crippen LogP contribution in [0, 0.1) is 6.92 Å². The second-order valence-corrected chi connectivity index (χ2v) is 9.29. The summed E-state index contributed by atoms with van der Waals surface area (Å²) in [6, 6.07) is 20.2. The molecule has 2 heterocycles. The summed E-state index contributed by atoms with van der Waals surface area (Å²) in [7, 11) is 2.17. The van der Waals surface area contributed by atoms with Crippen molar-refractivity contribution in [2.45, 2.75) is 13.8 Å². The molecular formula is C29H32N6O. The van der Waals surface area contributed by atoms with Crippen LogP contribution >= 0.6 is 0 Å². The number of aryl methyl sites for hydroxylation is 1. The Balaban J connectivity index is 1.39. The predicted octanol–water partition coefficient (Wildman–Crippen LogP) is 4.85. The Labute approximate surface area is 212 Å². The Morgan fingerprint density at radius 2 is 1.78 bits per heavy atom. The highest BCUT2D eigenvalue weighted by atomic mass is 16.1. The number of hydrogen-bond donors (Lipinski definition) is 2. The van der Waals surface area contributed by atoms with Gasteiger partial charge in [0.05, 0.1) is 5.52 Å². The first kappa shape index (κ1) is 23.8. The number of amides is 1. The zero-order chi connectivity index (χ0) is 25.1. The third-order valence-corrected chi connectivity index (χ3v) is 6.70. The number of benzene rings is 3. The third-order valence-electron chi connectivity index (χ3n) is 6.70. The first-order valence-electron chi connectivity index (χ1n) is 12.5. The number of para-hydroxylation sites is 1. The van der Waals surface area contributed by atoms with Crippen LogP contribution in [0.4, 0.5) is 17.3 Å². The van der Waals surface area contributed by atoms with Crippen molar-refractivity contribution >= 4 is 34.1 Å². The van der Waals surface area contributed by atoms with Gasteiger partial charge in [-0.05, 0) is 62.4 Å². The highest BCUT2D eigenvalue weighted by Crippen LogP contribution is 2.30. The molecule has 7 nitrogen and oxygen atoms in total. The minimum atomic E-state index is -0.0651. The molecule has 7 heteroatoms. The highest BCUT2D eigenvalue weighted by Gasteiger charge is 2.16. The topological polar surface area (TPSA) is 73.4 Å². The number of fused-ring (bicyclic) bond motifs is 1. The normalized spacial score (nSPS) is 14.1. The number of nitrogens with zero attached hydrogens (tertiary/aromatic N) is 4. The first-order valence-corrected chi connectivity index (χ1v) is 12.5. The monoisotopic (exact) mass is 480 g/mol. The van der Waals surface area contributed by atoms with E-state index in [1.165, 1.54) is 11.3 Å². The van der Waals surface area contributed by atoms with E-state index in [-0.39, 0.29) is 5.91 Å². The molecule has 0 radical (unpaired) electrons. The van der Waals surface area contributed by atoms with Gasteiger partial charge in [0.2, 0.25) is 5.95 Å². The molecule has 1 aliphatic heterocycles. The summed E-state index contributed by atoms with van der Waals surface area (Å²) in [6.07, 6.45) is 1.85. The van der Waals surface area contributed by atoms with Gasteiger partial charge in [-0.25, -0.2) is 9.97 Å². The van der Waals surface area contributed by atoms with Crippen LogP contribution in [0.1, 0.15) is 22.8 Å². The summed E-state index contributed by atoms with van der Waals surface area (Å²) in [6.45, 7) is 8.94. The lowest BCUT2D eigenvalue weighted by atomic mass is 10.0. The number of aromatic nitrogens is 2. The summed E-state index contributed by atoms with van der Waals surface area (Å²) < 4.78 is 0. The van der Waals surface area contributed by atoms with E-state index in [1.807, 2.05) is 49.5 Å². The third kappa shape index (κ3) is 5.02. The minimum Gasteiger partial charge on any atom is -0.369 e. The quantitative estimate of drug-likeness (QED) is 0.411. The van der Waals surface area contributed by atoms with E-state index in [9.17, 15) is 4.79 Å². The zero-order valence-electron chi connectivity index (χ0n) is 21.1. The van der Waals surface area contributed by atoms with E-state index >= 15 is 0 Å². The van der Waals surface area contributed by atoms with E-state index in [0.29, 0.717) is 18.1 Å². The number of carbonyl (C=O) groups is 1. The maximum absolute atomic E-state index is 12.1. The van der Waals surface area contributed by atoms with Crippen LogP contribution < -0.4 is 15.5 Å². The molecule has 1 fully saturated rings. The van der Waals surface area contributed by atoms with Gasteiger partial charge in [0.15, 0.2) is 0 Å². The van der Waals surface area contributed by atoms with Crippen molar-refractivity contribution in [2.75, 3.05) is 50.0 Å².